The number of H-pyrrole nitrogens is 1. The van der Waals surface area contributed by atoms with E-state index in [-0.39, 0.29) is 0 Å². The predicted octanol–water partition coefficient (Wildman–Crippen LogP) is 1.29. The Bertz CT molecular complexity index is 288. The summed E-state index contributed by atoms with van der Waals surface area (Å²) in [5, 5.41) is 14.9. The molecule has 0 aromatic carbocycles. The fourth-order valence-electron chi connectivity index (χ4n) is 0.965. The van der Waals surface area contributed by atoms with Crippen LogP contribution >= 0.6 is 0 Å². The van der Waals surface area contributed by atoms with Crippen LogP contribution in [0.5, 0.6) is 0 Å². The SMILES string of the molecule is CC/C(=C\C(=O)O)c1cn[nH]c1. The number of aromatic nitrogens is 2. The zero-order valence-corrected chi connectivity index (χ0v) is 6.74. The number of aromatic amines is 1. The lowest BCUT2D eigenvalue weighted by molar-refractivity contribution is -0.131. The van der Waals surface area contributed by atoms with Crippen molar-refractivity contribution in [1.82, 2.24) is 10.2 Å². The molecule has 12 heavy (non-hydrogen) atoms. The molecule has 4 nitrogen and oxygen atoms in total. The highest BCUT2D eigenvalue weighted by Gasteiger charge is 2.01. The van der Waals surface area contributed by atoms with Crippen LogP contribution in [0.15, 0.2) is 18.5 Å². The van der Waals surface area contributed by atoms with Crippen molar-refractivity contribution in [3.05, 3.63) is 24.0 Å². The number of aliphatic carboxylic acids is 1. The zero-order chi connectivity index (χ0) is 8.97. The quantitative estimate of drug-likeness (QED) is 0.665. The maximum Gasteiger partial charge on any atom is 0.328 e. The summed E-state index contributed by atoms with van der Waals surface area (Å²) in [5.74, 6) is -0.923. The molecule has 2 N–H and O–H groups in total. The summed E-state index contributed by atoms with van der Waals surface area (Å²) in [7, 11) is 0. The lowest BCUT2D eigenvalue weighted by atomic mass is 10.1. The highest BCUT2D eigenvalue weighted by Crippen LogP contribution is 2.15. The maximum atomic E-state index is 10.4. The largest absolute Gasteiger partial charge is 0.478 e. The number of nitrogens with zero attached hydrogens (tertiary/aromatic N) is 1. The van der Waals surface area contributed by atoms with E-state index in [9.17, 15) is 4.79 Å². The molecule has 0 fully saturated rings. The highest BCUT2D eigenvalue weighted by atomic mass is 16.4. The first kappa shape index (κ1) is 8.52. The first-order valence-corrected chi connectivity index (χ1v) is 3.66. The highest BCUT2D eigenvalue weighted by molar-refractivity contribution is 5.89. The van der Waals surface area contributed by atoms with Gasteiger partial charge in [0.2, 0.25) is 0 Å². The minimum atomic E-state index is -0.923. The topological polar surface area (TPSA) is 66.0 Å². The van der Waals surface area contributed by atoms with E-state index in [1.807, 2.05) is 6.92 Å². The third-order valence-corrected chi connectivity index (χ3v) is 1.55. The Balaban J connectivity index is 2.91. The van der Waals surface area contributed by atoms with Gasteiger partial charge in [0.05, 0.1) is 6.20 Å². The zero-order valence-electron chi connectivity index (χ0n) is 6.74. The standard InChI is InChI=1S/C8H10N2O2/c1-2-6(3-8(11)12)7-4-9-10-5-7/h3-5H,2H2,1H3,(H,9,10)(H,11,12)/b6-3+. The second-order valence-corrected chi connectivity index (χ2v) is 2.35. The summed E-state index contributed by atoms with van der Waals surface area (Å²) in [6.45, 7) is 1.90. The molecule has 0 aliphatic carbocycles. The minimum Gasteiger partial charge on any atom is -0.478 e. The monoisotopic (exact) mass is 166 g/mol. The van der Waals surface area contributed by atoms with Crippen molar-refractivity contribution in [1.29, 1.82) is 0 Å². The van der Waals surface area contributed by atoms with Crippen LogP contribution in [-0.4, -0.2) is 21.3 Å². The van der Waals surface area contributed by atoms with Crippen molar-refractivity contribution >= 4 is 11.5 Å². The Morgan fingerprint density at radius 3 is 3.00 bits per heavy atom. The van der Waals surface area contributed by atoms with Crippen molar-refractivity contribution in [3.8, 4) is 0 Å². The van der Waals surface area contributed by atoms with Gasteiger partial charge in [-0.3, -0.25) is 5.10 Å². The number of allylic oxidation sites excluding steroid dienone is 1. The summed E-state index contributed by atoms with van der Waals surface area (Å²) < 4.78 is 0. The second kappa shape index (κ2) is 3.71. The van der Waals surface area contributed by atoms with Gasteiger partial charge in [-0.1, -0.05) is 6.92 Å². The van der Waals surface area contributed by atoms with Crippen LogP contribution in [0.2, 0.25) is 0 Å². The van der Waals surface area contributed by atoms with Crippen molar-refractivity contribution in [2.75, 3.05) is 0 Å². The molecule has 0 amide bonds. The molecule has 0 aliphatic heterocycles. The predicted molar refractivity (Wildman–Crippen MR) is 44.5 cm³/mol. The van der Waals surface area contributed by atoms with E-state index in [0.29, 0.717) is 6.42 Å². The molecule has 1 aromatic rings. The van der Waals surface area contributed by atoms with E-state index in [2.05, 4.69) is 10.2 Å². The van der Waals surface area contributed by atoms with Gasteiger partial charge >= 0.3 is 5.97 Å². The minimum absolute atomic E-state index is 0.686. The molecule has 64 valence electrons. The second-order valence-electron chi connectivity index (χ2n) is 2.35. The van der Waals surface area contributed by atoms with E-state index >= 15 is 0 Å². The van der Waals surface area contributed by atoms with Crippen LogP contribution < -0.4 is 0 Å². The van der Waals surface area contributed by atoms with Crippen LogP contribution in [0.4, 0.5) is 0 Å². The lowest BCUT2D eigenvalue weighted by Gasteiger charge is -1.96. The van der Waals surface area contributed by atoms with Crippen LogP contribution in [0.1, 0.15) is 18.9 Å². The van der Waals surface area contributed by atoms with Crippen molar-refractivity contribution in [3.63, 3.8) is 0 Å². The van der Waals surface area contributed by atoms with Gasteiger partial charge in [0.1, 0.15) is 0 Å². The summed E-state index contributed by atoms with van der Waals surface area (Å²) in [6, 6.07) is 0. The number of carboxylic acids is 1. The first-order valence-electron chi connectivity index (χ1n) is 3.66. The summed E-state index contributed by atoms with van der Waals surface area (Å²) >= 11 is 0. The van der Waals surface area contributed by atoms with E-state index in [1.54, 1.807) is 12.4 Å². The molecule has 0 spiro atoms. The molecule has 0 saturated heterocycles. The van der Waals surface area contributed by atoms with Gasteiger partial charge < -0.3 is 5.11 Å². The Labute approximate surface area is 69.9 Å². The Hall–Kier alpha value is -1.58. The molecule has 0 aliphatic rings. The van der Waals surface area contributed by atoms with Crippen LogP contribution in [0.3, 0.4) is 0 Å². The van der Waals surface area contributed by atoms with E-state index in [0.717, 1.165) is 11.1 Å². The molecule has 0 saturated carbocycles. The number of rotatable bonds is 3. The average molecular weight is 166 g/mol. The normalized spacial score (nSPS) is 11.6. The van der Waals surface area contributed by atoms with Gasteiger partial charge in [0, 0.05) is 17.8 Å². The molecular weight excluding hydrogens is 156 g/mol. The van der Waals surface area contributed by atoms with Crippen LogP contribution in [0, 0.1) is 0 Å². The van der Waals surface area contributed by atoms with Crippen molar-refractivity contribution in [2.24, 2.45) is 0 Å². The molecule has 1 rings (SSSR count). The molecular formula is C8H10N2O2. The maximum absolute atomic E-state index is 10.4. The Morgan fingerprint density at radius 1 is 1.83 bits per heavy atom. The number of hydrogen-bond donors (Lipinski definition) is 2. The third-order valence-electron chi connectivity index (χ3n) is 1.55. The van der Waals surface area contributed by atoms with Crippen molar-refractivity contribution < 1.29 is 9.90 Å². The third kappa shape index (κ3) is 1.95. The molecule has 0 radical (unpaired) electrons. The van der Waals surface area contributed by atoms with E-state index < -0.39 is 5.97 Å². The molecule has 1 heterocycles. The van der Waals surface area contributed by atoms with Gasteiger partial charge in [-0.05, 0) is 12.0 Å². The smallest absolute Gasteiger partial charge is 0.328 e. The fourth-order valence-corrected chi connectivity index (χ4v) is 0.965. The molecule has 1 aromatic heterocycles. The average Bonchev–Trinajstić information content (AvgIpc) is 2.51. The Morgan fingerprint density at radius 2 is 2.58 bits per heavy atom. The number of carboxylic acid groups (broad SMARTS) is 1. The van der Waals surface area contributed by atoms with Crippen LogP contribution in [-0.2, 0) is 4.79 Å². The van der Waals surface area contributed by atoms with Gasteiger partial charge in [-0.25, -0.2) is 4.79 Å². The van der Waals surface area contributed by atoms with Crippen LogP contribution in [0.25, 0.3) is 5.57 Å². The molecule has 4 heteroatoms. The molecule has 0 unspecified atom stereocenters. The van der Waals surface area contributed by atoms with E-state index in [1.165, 1.54) is 6.08 Å². The molecule has 0 bridgehead atoms. The van der Waals surface area contributed by atoms with Gasteiger partial charge in [-0.2, -0.15) is 5.10 Å². The van der Waals surface area contributed by atoms with Gasteiger partial charge in [-0.15, -0.1) is 0 Å². The lowest BCUT2D eigenvalue weighted by Crippen LogP contribution is -1.90. The van der Waals surface area contributed by atoms with Gasteiger partial charge in [0.25, 0.3) is 0 Å². The summed E-state index contributed by atoms with van der Waals surface area (Å²) in [5.41, 5.74) is 1.61. The van der Waals surface area contributed by atoms with Gasteiger partial charge in [0.15, 0.2) is 0 Å². The fraction of sp³-hybridized carbons (Fsp3) is 0.250. The molecule has 0 atom stereocenters. The Kier molecular flexibility index (Phi) is 2.63. The van der Waals surface area contributed by atoms with Crippen molar-refractivity contribution in [2.45, 2.75) is 13.3 Å². The number of nitrogens with one attached hydrogen (secondary N) is 1. The number of hydrogen-bond acceptors (Lipinski definition) is 2. The number of carbonyl (C=O) groups is 1. The van der Waals surface area contributed by atoms with E-state index in [4.69, 9.17) is 5.11 Å². The summed E-state index contributed by atoms with van der Waals surface area (Å²) in [4.78, 5) is 10.4. The first-order chi connectivity index (χ1) is 5.74. The summed E-state index contributed by atoms with van der Waals surface area (Å²) in [6.07, 6.45) is 5.17.